The summed E-state index contributed by atoms with van der Waals surface area (Å²) < 4.78 is 7.95. The molecule has 5 nitrogen and oxygen atoms in total. The summed E-state index contributed by atoms with van der Waals surface area (Å²) in [7, 11) is 1.33. The molecule has 1 aromatic carbocycles. The summed E-state index contributed by atoms with van der Waals surface area (Å²) in [6.45, 7) is 0.272. The zero-order valence-electron chi connectivity index (χ0n) is 13.7. The number of thiazole rings is 1. The molecule has 0 radical (unpaired) electrons. The van der Waals surface area contributed by atoms with Crippen LogP contribution >= 0.6 is 34.3 Å². The van der Waals surface area contributed by atoms with E-state index in [0.29, 0.717) is 14.7 Å². The summed E-state index contributed by atoms with van der Waals surface area (Å²) in [4.78, 5) is 29.6. The lowest BCUT2D eigenvalue weighted by atomic mass is 10.2. The fourth-order valence-electron chi connectivity index (χ4n) is 2.39. The van der Waals surface area contributed by atoms with Crippen LogP contribution < -0.4 is 4.80 Å². The zero-order valence-corrected chi connectivity index (χ0v) is 16.1. The number of benzene rings is 1. The predicted molar refractivity (Wildman–Crippen MR) is 104 cm³/mol. The molecule has 2 aromatic heterocycles. The minimum Gasteiger partial charge on any atom is -0.465 e. The number of hydrogen-bond donors (Lipinski definition) is 0. The maximum Gasteiger partial charge on any atom is 0.337 e. The molecule has 26 heavy (non-hydrogen) atoms. The Morgan fingerprint density at radius 1 is 1.31 bits per heavy atom. The van der Waals surface area contributed by atoms with E-state index in [1.807, 2.05) is 6.07 Å². The highest BCUT2D eigenvalue weighted by atomic mass is 35.5. The van der Waals surface area contributed by atoms with Crippen LogP contribution in [0.1, 0.15) is 15.2 Å². The predicted octanol–water partition coefficient (Wildman–Crippen LogP) is 3.51. The van der Waals surface area contributed by atoms with Gasteiger partial charge in [0.05, 0.1) is 40.2 Å². The van der Waals surface area contributed by atoms with Crippen LogP contribution in [0.25, 0.3) is 10.2 Å². The largest absolute Gasteiger partial charge is 0.465 e. The topological polar surface area (TPSA) is 60.7 Å². The molecule has 0 saturated heterocycles. The fourth-order valence-corrected chi connectivity index (χ4v) is 4.55. The number of thiophene rings is 1. The summed E-state index contributed by atoms with van der Waals surface area (Å²) >= 11 is 8.54. The third kappa shape index (κ3) is 3.88. The van der Waals surface area contributed by atoms with E-state index in [-0.39, 0.29) is 18.9 Å². The number of nitrogens with zero attached hydrogens (tertiary/aromatic N) is 2. The minimum atomic E-state index is -0.423. The van der Waals surface area contributed by atoms with Gasteiger partial charge in [-0.3, -0.25) is 4.79 Å². The molecule has 0 aliphatic carbocycles. The maximum atomic E-state index is 12.3. The highest BCUT2D eigenvalue weighted by Crippen LogP contribution is 2.22. The number of hydrogen-bond acceptors (Lipinski definition) is 5. The van der Waals surface area contributed by atoms with Gasteiger partial charge < -0.3 is 9.30 Å². The van der Waals surface area contributed by atoms with E-state index in [4.69, 9.17) is 22.8 Å². The van der Waals surface area contributed by atoms with Crippen LogP contribution in [-0.2, 0) is 22.5 Å². The van der Waals surface area contributed by atoms with Gasteiger partial charge in [0.1, 0.15) is 0 Å². The van der Waals surface area contributed by atoms with Crippen LogP contribution in [0.15, 0.2) is 35.3 Å². The maximum absolute atomic E-state index is 12.3. The first-order valence-corrected chi connectivity index (χ1v) is 9.50. The smallest absolute Gasteiger partial charge is 0.337 e. The third-order valence-electron chi connectivity index (χ3n) is 3.53. The molecule has 1 amide bonds. The van der Waals surface area contributed by atoms with Crippen LogP contribution in [0.3, 0.4) is 0 Å². The molecule has 0 saturated carbocycles. The Bertz CT molecular complexity index is 1100. The first kappa shape index (κ1) is 18.4. The van der Waals surface area contributed by atoms with Crippen LogP contribution in [0.5, 0.6) is 0 Å². The third-order valence-corrected chi connectivity index (χ3v) is 5.80. The number of carbonyl (C=O) groups excluding carboxylic acids is 2. The molecule has 0 aliphatic heterocycles. The van der Waals surface area contributed by atoms with Gasteiger partial charge in [-0.15, -0.1) is 17.8 Å². The highest BCUT2D eigenvalue weighted by molar-refractivity contribution is 7.16. The molecule has 0 atom stereocenters. The molecule has 0 aliphatic rings. The van der Waals surface area contributed by atoms with Crippen molar-refractivity contribution in [2.45, 2.75) is 13.0 Å². The van der Waals surface area contributed by atoms with Crippen molar-refractivity contribution < 1.29 is 14.3 Å². The molecule has 0 N–H and O–H groups in total. The van der Waals surface area contributed by atoms with Gasteiger partial charge in [0.25, 0.3) is 5.91 Å². The average Bonchev–Trinajstić information content (AvgIpc) is 3.17. The molecule has 132 valence electrons. The van der Waals surface area contributed by atoms with E-state index < -0.39 is 5.97 Å². The van der Waals surface area contributed by atoms with Gasteiger partial charge in [0, 0.05) is 4.88 Å². The van der Waals surface area contributed by atoms with Crippen molar-refractivity contribution in [2.75, 3.05) is 7.11 Å². The van der Waals surface area contributed by atoms with Gasteiger partial charge in [-0.25, -0.2) is 4.79 Å². The number of esters is 1. The minimum absolute atomic E-state index is 0.176. The van der Waals surface area contributed by atoms with Crippen LogP contribution in [0, 0.1) is 12.3 Å². The van der Waals surface area contributed by atoms with Crippen molar-refractivity contribution in [3.05, 3.63) is 49.9 Å². The Kier molecular flexibility index (Phi) is 5.57. The monoisotopic (exact) mass is 404 g/mol. The molecule has 0 fully saturated rings. The van der Waals surface area contributed by atoms with Gasteiger partial charge in [-0.05, 0) is 30.3 Å². The van der Waals surface area contributed by atoms with Crippen molar-refractivity contribution >= 4 is 56.4 Å². The van der Waals surface area contributed by atoms with Crippen molar-refractivity contribution in [1.29, 1.82) is 0 Å². The molecular weight excluding hydrogens is 392 g/mol. The highest BCUT2D eigenvalue weighted by Gasteiger charge is 2.12. The molecule has 0 spiro atoms. The summed E-state index contributed by atoms with van der Waals surface area (Å²) in [5.41, 5.74) is 1.24. The average molecular weight is 405 g/mol. The lowest BCUT2D eigenvalue weighted by Gasteiger charge is -2.01. The second kappa shape index (κ2) is 7.87. The quantitative estimate of drug-likeness (QED) is 0.494. The number of ether oxygens (including phenoxy) is 1. The molecule has 8 heteroatoms. The van der Waals surface area contributed by atoms with Gasteiger partial charge in [0.2, 0.25) is 0 Å². The fraction of sp³-hybridized carbons (Fsp3) is 0.167. The van der Waals surface area contributed by atoms with E-state index in [2.05, 4.69) is 10.9 Å². The summed E-state index contributed by atoms with van der Waals surface area (Å²) in [5.74, 6) is 1.86. The number of methoxy groups -OCH3 is 1. The lowest BCUT2D eigenvalue weighted by Crippen LogP contribution is -2.17. The molecule has 2 heterocycles. The second-order valence-corrected chi connectivity index (χ2v) is 8.05. The van der Waals surface area contributed by atoms with E-state index in [1.165, 1.54) is 29.8 Å². The lowest BCUT2D eigenvalue weighted by molar-refractivity contribution is -0.117. The van der Waals surface area contributed by atoms with Crippen LogP contribution in [0.4, 0.5) is 0 Å². The van der Waals surface area contributed by atoms with Crippen LogP contribution in [-0.4, -0.2) is 23.6 Å². The standard InChI is InChI=1S/C18H13ClN2O3S2/c1-3-8-21-13-6-4-11(17(23)24-2)9-14(13)26-18(21)20-16(22)10-12-5-7-15(19)25-12/h1,4-7,9H,8,10H2,2H3. The first-order chi connectivity index (χ1) is 12.5. The van der Waals surface area contributed by atoms with Crippen LogP contribution in [0.2, 0.25) is 4.34 Å². The Morgan fingerprint density at radius 2 is 2.12 bits per heavy atom. The number of terminal acetylenes is 1. The number of fused-ring (bicyclic) bond motifs is 1. The first-order valence-electron chi connectivity index (χ1n) is 7.48. The summed E-state index contributed by atoms with van der Waals surface area (Å²) in [6, 6.07) is 8.71. The van der Waals surface area contributed by atoms with Gasteiger partial charge in [0.15, 0.2) is 4.80 Å². The summed E-state index contributed by atoms with van der Waals surface area (Å²) in [6.07, 6.45) is 5.63. The summed E-state index contributed by atoms with van der Waals surface area (Å²) in [5, 5.41) is 0. The van der Waals surface area contributed by atoms with E-state index in [0.717, 1.165) is 15.1 Å². The Hall–Kier alpha value is -2.40. The normalized spacial score (nSPS) is 11.5. The zero-order chi connectivity index (χ0) is 18.7. The Balaban J connectivity index is 2.03. The van der Waals surface area contributed by atoms with Crippen molar-refractivity contribution in [3.8, 4) is 12.3 Å². The molecule has 3 rings (SSSR count). The number of halogens is 1. The van der Waals surface area contributed by atoms with E-state index in [1.54, 1.807) is 28.8 Å². The molecule has 3 aromatic rings. The van der Waals surface area contributed by atoms with Gasteiger partial charge in [-0.2, -0.15) is 4.99 Å². The van der Waals surface area contributed by atoms with Gasteiger partial charge >= 0.3 is 5.97 Å². The Labute approximate surface area is 162 Å². The van der Waals surface area contributed by atoms with Crippen molar-refractivity contribution in [1.82, 2.24) is 4.57 Å². The van der Waals surface area contributed by atoms with E-state index >= 15 is 0 Å². The van der Waals surface area contributed by atoms with Crippen molar-refractivity contribution in [2.24, 2.45) is 4.99 Å². The molecule has 0 bridgehead atoms. The number of carbonyl (C=O) groups is 2. The molecule has 0 unspecified atom stereocenters. The second-order valence-electron chi connectivity index (χ2n) is 5.24. The number of aromatic nitrogens is 1. The van der Waals surface area contributed by atoms with Gasteiger partial charge in [-0.1, -0.05) is 28.9 Å². The SMILES string of the molecule is C#CCn1c(=NC(=O)Cc2ccc(Cl)s2)sc2cc(C(=O)OC)ccc21. The molecular formula is C18H13ClN2O3S2. The Morgan fingerprint density at radius 3 is 2.77 bits per heavy atom. The van der Waals surface area contributed by atoms with Crippen molar-refractivity contribution in [3.63, 3.8) is 0 Å². The number of amides is 1. The number of rotatable bonds is 4. The van der Waals surface area contributed by atoms with E-state index in [9.17, 15) is 9.59 Å².